The Balaban J connectivity index is 1.39. The number of carbonyl (C=O) groups is 1. The molecule has 37 heavy (non-hydrogen) atoms. The fraction of sp³-hybridized carbons (Fsp3) is 0.185. The van der Waals surface area contributed by atoms with Crippen LogP contribution in [0.2, 0.25) is 0 Å². The van der Waals surface area contributed by atoms with Gasteiger partial charge in [-0.1, -0.05) is 85.0 Å². The molecule has 0 bridgehead atoms. The molecular formula is C27H25N7O2S. The van der Waals surface area contributed by atoms with Crippen LogP contribution >= 0.6 is 11.3 Å². The largest absolute Gasteiger partial charge is 0.465 e. The predicted molar refractivity (Wildman–Crippen MR) is 142 cm³/mol. The monoisotopic (exact) mass is 511 g/mol. The average Bonchev–Trinajstić information content (AvgIpc) is 3.61. The molecule has 0 saturated carbocycles. The maximum absolute atomic E-state index is 12.2. The zero-order valence-electron chi connectivity index (χ0n) is 20.5. The molecule has 0 saturated heterocycles. The second kappa shape index (κ2) is 11.1. The lowest BCUT2D eigenvalue weighted by Gasteiger charge is -2.12. The average molecular weight is 512 g/mol. The number of methoxy groups -OCH3 is 1. The Morgan fingerprint density at radius 1 is 0.946 bits per heavy atom. The summed E-state index contributed by atoms with van der Waals surface area (Å²) in [7, 11) is 1.37. The summed E-state index contributed by atoms with van der Waals surface area (Å²) >= 11 is 1.58. The van der Waals surface area contributed by atoms with E-state index < -0.39 is 5.97 Å². The number of esters is 1. The van der Waals surface area contributed by atoms with Crippen LogP contribution in [0.4, 0.5) is 5.13 Å². The number of rotatable bonds is 9. The first-order valence-corrected chi connectivity index (χ1v) is 12.6. The summed E-state index contributed by atoms with van der Waals surface area (Å²) in [4.78, 5) is 12.2. The minimum Gasteiger partial charge on any atom is -0.465 e. The summed E-state index contributed by atoms with van der Waals surface area (Å²) in [5.74, 6) is 0.223. The molecule has 10 heteroatoms. The standard InChI is InChI=1S/C27H25N7O2S/c1-3-24-29-31-27(37-24)28-16-18-12-14-19(15-13-18)21-9-6-7-11-23(21)25-30-32-33-34(25)17-20-8-4-5-10-22(20)26(35)36-2/h4-15H,3,16-17H2,1-2H3,(H,28,31). The number of aryl methyl sites for hydroxylation is 1. The molecule has 0 unspecified atom stereocenters. The summed E-state index contributed by atoms with van der Waals surface area (Å²) in [5.41, 5.74) is 5.36. The number of hydrogen-bond donors (Lipinski definition) is 1. The van der Waals surface area contributed by atoms with Crippen molar-refractivity contribution in [3.8, 4) is 22.5 Å². The molecule has 0 fully saturated rings. The molecule has 0 atom stereocenters. The number of carbonyl (C=O) groups excluding carboxylic acids is 1. The van der Waals surface area contributed by atoms with Crippen molar-refractivity contribution in [1.82, 2.24) is 30.4 Å². The minimum absolute atomic E-state index is 0.331. The highest BCUT2D eigenvalue weighted by atomic mass is 32.1. The number of anilines is 1. The van der Waals surface area contributed by atoms with E-state index in [1.807, 2.05) is 30.3 Å². The van der Waals surface area contributed by atoms with E-state index in [2.05, 4.69) is 68.3 Å². The molecule has 3 aromatic carbocycles. The first kappa shape index (κ1) is 24.3. The number of hydrogen-bond acceptors (Lipinski definition) is 9. The number of aromatic nitrogens is 6. The maximum Gasteiger partial charge on any atom is 0.338 e. The minimum atomic E-state index is -0.392. The number of nitrogens with one attached hydrogen (secondary N) is 1. The van der Waals surface area contributed by atoms with Crippen LogP contribution in [0.25, 0.3) is 22.5 Å². The lowest BCUT2D eigenvalue weighted by molar-refractivity contribution is 0.0599. The van der Waals surface area contributed by atoms with E-state index in [4.69, 9.17) is 4.74 Å². The van der Waals surface area contributed by atoms with E-state index in [0.717, 1.165) is 44.4 Å². The Hall–Kier alpha value is -4.44. The lowest BCUT2D eigenvalue weighted by atomic mass is 9.98. The zero-order valence-corrected chi connectivity index (χ0v) is 21.3. The summed E-state index contributed by atoms with van der Waals surface area (Å²) in [5, 5.41) is 26.0. The van der Waals surface area contributed by atoms with Gasteiger partial charge in [-0.05, 0) is 45.2 Å². The Kier molecular flexibility index (Phi) is 7.27. The van der Waals surface area contributed by atoms with E-state index in [1.54, 1.807) is 28.2 Å². The SMILES string of the molecule is CCc1nnc(NCc2ccc(-c3ccccc3-c3nnnn3Cc3ccccc3C(=O)OC)cc2)s1. The van der Waals surface area contributed by atoms with Crippen molar-refractivity contribution in [1.29, 1.82) is 0 Å². The number of tetrazole rings is 1. The third-order valence-corrected chi connectivity index (χ3v) is 6.95. The molecule has 2 heterocycles. The van der Waals surface area contributed by atoms with Crippen molar-refractivity contribution >= 4 is 22.4 Å². The van der Waals surface area contributed by atoms with Crippen molar-refractivity contribution in [2.45, 2.75) is 26.4 Å². The highest BCUT2D eigenvalue weighted by Gasteiger charge is 2.17. The molecule has 2 aromatic heterocycles. The van der Waals surface area contributed by atoms with Crippen LogP contribution in [0.1, 0.15) is 33.4 Å². The Morgan fingerprint density at radius 3 is 2.46 bits per heavy atom. The molecule has 5 rings (SSSR count). The molecule has 0 aliphatic carbocycles. The van der Waals surface area contributed by atoms with Crippen LogP contribution in [0, 0.1) is 0 Å². The molecule has 5 aromatic rings. The van der Waals surface area contributed by atoms with Crippen LogP contribution in [-0.4, -0.2) is 43.5 Å². The van der Waals surface area contributed by atoms with E-state index >= 15 is 0 Å². The van der Waals surface area contributed by atoms with Crippen LogP contribution in [0.15, 0.2) is 72.8 Å². The van der Waals surface area contributed by atoms with Gasteiger partial charge in [0, 0.05) is 12.1 Å². The number of nitrogens with zero attached hydrogens (tertiary/aromatic N) is 6. The Morgan fingerprint density at radius 2 is 1.70 bits per heavy atom. The van der Waals surface area contributed by atoms with E-state index in [0.29, 0.717) is 24.5 Å². The van der Waals surface area contributed by atoms with Gasteiger partial charge in [-0.2, -0.15) is 0 Å². The van der Waals surface area contributed by atoms with E-state index in [9.17, 15) is 4.79 Å². The van der Waals surface area contributed by atoms with Gasteiger partial charge in [0.05, 0.1) is 19.2 Å². The van der Waals surface area contributed by atoms with Crippen molar-refractivity contribution in [2.75, 3.05) is 12.4 Å². The van der Waals surface area contributed by atoms with Gasteiger partial charge in [-0.25, -0.2) is 9.48 Å². The molecule has 0 radical (unpaired) electrons. The zero-order chi connectivity index (χ0) is 25.6. The first-order valence-electron chi connectivity index (χ1n) is 11.8. The fourth-order valence-corrected chi connectivity index (χ4v) is 4.69. The molecular weight excluding hydrogens is 486 g/mol. The van der Waals surface area contributed by atoms with Gasteiger partial charge in [0.2, 0.25) is 5.13 Å². The highest BCUT2D eigenvalue weighted by molar-refractivity contribution is 7.15. The summed E-state index contributed by atoms with van der Waals surface area (Å²) in [6.07, 6.45) is 0.883. The van der Waals surface area contributed by atoms with E-state index in [-0.39, 0.29) is 0 Å². The van der Waals surface area contributed by atoms with Gasteiger partial charge < -0.3 is 10.1 Å². The van der Waals surface area contributed by atoms with Gasteiger partial charge in [0.15, 0.2) is 5.82 Å². The van der Waals surface area contributed by atoms with Crippen molar-refractivity contribution in [2.24, 2.45) is 0 Å². The molecule has 1 N–H and O–H groups in total. The normalized spacial score (nSPS) is 10.9. The summed E-state index contributed by atoms with van der Waals surface area (Å²) in [6, 6.07) is 23.7. The van der Waals surface area contributed by atoms with Crippen molar-refractivity contribution < 1.29 is 9.53 Å². The topological polar surface area (TPSA) is 108 Å². The third-order valence-electron chi connectivity index (χ3n) is 5.92. The molecule has 0 aliphatic heterocycles. The van der Waals surface area contributed by atoms with Gasteiger partial charge in [0.25, 0.3) is 0 Å². The number of benzene rings is 3. The van der Waals surface area contributed by atoms with Crippen LogP contribution in [0.5, 0.6) is 0 Å². The summed E-state index contributed by atoms with van der Waals surface area (Å²) < 4.78 is 6.64. The smallest absolute Gasteiger partial charge is 0.338 e. The molecule has 9 nitrogen and oxygen atoms in total. The third kappa shape index (κ3) is 5.39. The molecule has 0 amide bonds. The molecule has 0 aliphatic rings. The molecule has 186 valence electrons. The Bertz CT molecular complexity index is 1510. The second-order valence-electron chi connectivity index (χ2n) is 8.26. The second-order valence-corrected chi connectivity index (χ2v) is 9.32. The Labute approximate surface area is 218 Å². The van der Waals surface area contributed by atoms with Gasteiger partial charge >= 0.3 is 5.97 Å². The first-order chi connectivity index (χ1) is 18.2. The van der Waals surface area contributed by atoms with Crippen LogP contribution in [-0.2, 0) is 24.2 Å². The van der Waals surface area contributed by atoms with Crippen molar-refractivity contribution in [3.63, 3.8) is 0 Å². The van der Waals surface area contributed by atoms with Crippen LogP contribution < -0.4 is 5.32 Å². The highest BCUT2D eigenvalue weighted by Crippen LogP contribution is 2.31. The van der Waals surface area contributed by atoms with Gasteiger partial charge in [-0.3, -0.25) is 0 Å². The van der Waals surface area contributed by atoms with Gasteiger partial charge in [0.1, 0.15) is 5.01 Å². The maximum atomic E-state index is 12.2. The number of ether oxygens (including phenoxy) is 1. The van der Waals surface area contributed by atoms with Crippen LogP contribution in [0.3, 0.4) is 0 Å². The van der Waals surface area contributed by atoms with Gasteiger partial charge in [-0.15, -0.1) is 15.3 Å². The lowest BCUT2D eigenvalue weighted by Crippen LogP contribution is -2.11. The summed E-state index contributed by atoms with van der Waals surface area (Å²) in [6.45, 7) is 3.07. The van der Waals surface area contributed by atoms with E-state index in [1.165, 1.54) is 7.11 Å². The quantitative estimate of drug-likeness (QED) is 0.279. The molecule has 0 spiro atoms. The predicted octanol–water partition coefficient (Wildman–Crippen LogP) is 4.87. The fourth-order valence-electron chi connectivity index (χ4n) is 4.01. The van der Waals surface area contributed by atoms with Crippen molar-refractivity contribution in [3.05, 3.63) is 94.5 Å².